The molecule has 18 heavy (non-hydrogen) atoms. The Bertz CT molecular complexity index is 663. The molecule has 0 N–H and O–H groups in total. The van der Waals surface area contributed by atoms with Crippen molar-refractivity contribution in [3.8, 4) is 0 Å². The Morgan fingerprint density at radius 3 is 2.06 bits per heavy atom. The first-order valence-electron chi connectivity index (χ1n) is 4.61. The highest BCUT2D eigenvalue weighted by Gasteiger charge is 2.28. The summed E-state index contributed by atoms with van der Waals surface area (Å²) >= 11 is 0. The number of nitrogens with zero attached hydrogens (tertiary/aromatic N) is 1. The van der Waals surface area contributed by atoms with Gasteiger partial charge in [0.1, 0.15) is 10.7 Å². The van der Waals surface area contributed by atoms with Crippen molar-refractivity contribution in [3.63, 3.8) is 0 Å². The standard InChI is InChI=1S/C10H5F2NO4S/c11-7-5-6(18(12,16)17)1-2-8(7)13-9(14)3-4-10(13)15/h1-5H. The lowest BCUT2D eigenvalue weighted by molar-refractivity contribution is -0.120. The Morgan fingerprint density at radius 2 is 1.61 bits per heavy atom. The van der Waals surface area contributed by atoms with Gasteiger partial charge in [0.05, 0.1) is 5.69 Å². The van der Waals surface area contributed by atoms with Gasteiger partial charge in [-0.15, -0.1) is 3.89 Å². The zero-order valence-corrected chi connectivity index (χ0v) is 9.45. The van der Waals surface area contributed by atoms with E-state index in [9.17, 15) is 26.3 Å². The third kappa shape index (κ3) is 2.02. The lowest BCUT2D eigenvalue weighted by atomic mass is 10.3. The summed E-state index contributed by atoms with van der Waals surface area (Å²) in [5.41, 5.74) is -0.428. The maximum absolute atomic E-state index is 13.6. The van der Waals surface area contributed by atoms with Gasteiger partial charge in [0.15, 0.2) is 0 Å². The average Bonchev–Trinajstić information content (AvgIpc) is 2.58. The van der Waals surface area contributed by atoms with Crippen LogP contribution >= 0.6 is 0 Å². The quantitative estimate of drug-likeness (QED) is 0.593. The zero-order valence-electron chi connectivity index (χ0n) is 8.63. The normalized spacial score (nSPS) is 15.6. The van der Waals surface area contributed by atoms with E-state index in [1.54, 1.807) is 0 Å². The van der Waals surface area contributed by atoms with E-state index in [-0.39, 0.29) is 0 Å². The highest BCUT2D eigenvalue weighted by Crippen LogP contribution is 2.25. The van der Waals surface area contributed by atoms with Gasteiger partial charge in [-0.25, -0.2) is 9.29 Å². The van der Waals surface area contributed by atoms with Crippen LogP contribution in [0.1, 0.15) is 0 Å². The first-order valence-corrected chi connectivity index (χ1v) is 5.99. The third-order valence-corrected chi connectivity index (χ3v) is 3.07. The van der Waals surface area contributed by atoms with Crippen molar-refractivity contribution in [3.05, 3.63) is 36.2 Å². The molecule has 0 saturated carbocycles. The molecule has 0 radical (unpaired) electrons. The smallest absolute Gasteiger partial charge is 0.269 e. The summed E-state index contributed by atoms with van der Waals surface area (Å²) in [5, 5.41) is 0. The van der Waals surface area contributed by atoms with Gasteiger partial charge in [-0.1, -0.05) is 0 Å². The van der Waals surface area contributed by atoms with Gasteiger partial charge < -0.3 is 0 Å². The van der Waals surface area contributed by atoms with Crippen molar-refractivity contribution in [2.24, 2.45) is 0 Å². The topological polar surface area (TPSA) is 71.5 Å². The van der Waals surface area contributed by atoms with E-state index in [1.165, 1.54) is 0 Å². The monoisotopic (exact) mass is 273 g/mol. The van der Waals surface area contributed by atoms with Gasteiger partial charge in [0.2, 0.25) is 0 Å². The van der Waals surface area contributed by atoms with Gasteiger partial charge in [-0.2, -0.15) is 8.42 Å². The molecule has 0 spiro atoms. The molecule has 1 aromatic rings. The van der Waals surface area contributed by atoms with Crippen molar-refractivity contribution in [1.29, 1.82) is 0 Å². The molecule has 2 rings (SSSR count). The van der Waals surface area contributed by atoms with Crippen LogP contribution in [0.5, 0.6) is 0 Å². The van der Waals surface area contributed by atoms with E-state index in [1.807, 2.05) is 0 Å². The highest BCUT2D eigenvalue weighted by molar-refractivity contribution is 7.86. The molecule has 5 nitrogen and oxygen atoms in total. The predicted octanol–water partition coefficient (Wildman–Crippen LogP) is 0.913. The average molecular weight is 273 g/mol. The first-order chi connectivity index (χ1) is 8.30. The van der Waals surface area contributed by atoms with E-state index in [2.05, 4.69) is 0 Å². The summed E-state index contributed by atoms with van der Waals surface area (Å²) in [4.78, 5) is 22.2. The molecule has 94 valence electrons. The minimum atomic E-state index is -5.04. The molecule has 0 bridgehead atoms. The third-order valence-electron chi connectivity index (χ3n) is 2.25. The number of rotatable bonds is 2. The number of anilines is 1. The summed E-state index contributed by atoms with van der Waals surface area (Å²) in [6, 6.07) is 2.03. The number of halogens is 2. The first kappa shape index (κ1) is 12.4. The van der Waals surface area contributed by atoms with Crippen molar-refractivity contribution < 1.29 is 26.3 Å². The predicted molar refractivity (Wildman–Crippen MR) is 56.3 cm³/mol. The number of carbonyl (C=O) groups is 2. The second-order valence-electron chi connectivity index (χ2n) is 3.40. The lowest BCUT2D eigenvalue weighted by Gasteiger charge is -2.14. The van der Waals surface area contributed by atoms with Crippen molar-refractivity contribution in [2.75, 3.05) is 4.90 Å². The van der Waals surface area contributed by atoms with Crippen molar-refractivity contribution >= 4 is 27.7 Å². The number of carbonyl (C=O) groups excluding carboxylic acids is 2. The van der Waals surface area contributed by atoms with Crippen LogP contribution in [0.3, 0.4) is 0 Å². The van der Waals surface area contributed by atoms with Crippen LogP contribution in [0, 0.1) is 5.82 Å². The van der Waals surface area contributed by atoms with Crippen LogP contribution in [-0.2, 0) is 19.8 Å². The molecule has 0 fully saturated rings. The van der Waals surface area contributed by atoms with Crippen LogP contribution in [0.25, 0.3) is 0 Å². The Balaban J connectivity index is 2.49. The fraction of sp³-hybridized carbons (Fsp3) is 0. The largest absolute Gasteiger partial charge is 0.332 e. The van der Waals surface area contributed by atoms with Crippen LogP contribution < -0.4 is 4.90 Å². The maximum Gasteiger partial charge on any atom is 0.332 e. The zero-order chi connectivity index (χ0) is 13.5. The molecule has 1 aliphatic heterocycles. The molecule has 1 heterocycles. The second kappa shape index (κ2) is 3.98. The molecular formula is C10H5F2NO4S. The van der Waals surface area contributed by atoms with Gasteiger partial charge in [-0.3, -0.25) is 9.59 Å². The van der Waals surface area contributed by atoms with E-state index >= 15 is 0 Å². The molecule has 1 aromatic carbocycles. The van der Waals surface area contributed by atoms with E-state index in [0.29, 0.717) is 11.0 Å². The molecule has 1 aliphatic rings. The van der Waals surface area contributed by atoms with E-state index < -0.39 is 38.4 Å². The Kier molecular flexibility index (Phi) is 2.74. The van der Waals surface area contributed by atoms with Crippen molar-refractivity contribution in [2.45, 2.75) is 4.90 Å². The minimum Gasteiger partial charge on any atom is -0.269 e. The van der Waals surface area contributed by atoms with Gasteiger partial charge in [0, 0.05) is 12.2 Å². The Hall–Kier alpha value is -2.09. The lowest BCUT2D eigenvalue weighted by Crippen LogP contribution is -2.30. The SMILES string of the molecule is O=C1C=CC(=O)N1c1ccc(S(=O)(=O)F)cc1F. The molecule has 2 amide bonds. The van der Waals surface area contributed by atoms with Crippen molar-refractivity contribution in [1.82, 2.24) is 0 Å². The fourth-order valence-corrected chi connectivity index (χ4v) is 1.93. The van der Waals surface area contributed by atoms with Gasteiger partial charge >= 0.3 is 10.2 Å². The van der Waals surface area contributed by atoms with Crippen LogP contribution in [0.4, 0.5) is 14.0 Å². The fourth-order valence-electron chi connectivity index (χ4n) is 1.46. The van der Waals surface area contributed by atoms with Gasteiger partial charge in [0.25, 0.3) is 11.8 Å². The van der Waals surface area contributed by atoms with Crippen LogP contribution in [-0.4, -0.2) is 20.2 Å². The summed E-state index contributed by atoms with van der Waals surface area (Å²) < 4.78 is 47.3. The number of hydrogen-bond acceptors (Lipinski definition) is 4. The van der Waals surface area contributed by atoms with Crippen LogP contribution in [0.2, 0.25) is 0 Å². The molecular weight excluding hydrogens is 268 g/mol. The molecule has 0 unspecified atom stereocenters. The number of amides is 2. The summed E-state index contributed by atoms with van der Waals surface area (Å²) in [5.74, 6) is -2.69. The molecule has 0 aliphatic carbocycles. The number of imide groups is 1. The number of hydrogen-bond donors (Lipinski definition) is 0. The Labute approximate surface area is 101 Å². The Morgan fingerprint density at radius 1 is 1.06 bits per heavy atom. The second-order valence-corrected chi connectivity index (χ2v) is 4.74. The maximum atomic E-state index is 13.6. The molecule has 0 aromatic heterocycles. The summed E-state index contributed by atoms with van der Waals surface area (Å²) in [6.45, 7) is 0. The van der Waals surface area contributed by atoms with E-state index in [0.717, 1.165) is 24.3 Å². The van der Waals surface area contributed by atoms with Gasteiger partial charge in [-0.05, 0) is 18.2 Å². The molecule has 0 atom stereocenters. The summed E-state index contributed by atoms with van der Waals surface area (Å²) in [7, 11) is -5.04. The van der Waals surface area contributed by atoms with Crippen LogP contribution in [0.15, 0.2) is 35.2 Å². The molecule has 8 heteroatoms. The molecule has 0 saturated heterocycles. The summed E-state index contributed by atoms with van der Waals surface area (Å²) in [6.07, 6.45) is 1.89. The highest BCUT2D eigenvalue weighted by atomic mass is 32.3. The minimum absolute atomic E-state index is 0.406. The van der Waals surface area contributed by atoms with E-state index in [4.69, 9.17) is 0 Å². The number of benzene rings is 1.